The maximum absolute atomic E-state index is 12.4. The first-order valence-corrected chi connectivity index (χ1v) is 10.4. The van der Waals surface area contributed by atoms with Crippen molar-refractivity contribution < 1.29 is 24.3 Å². The number of carbonyl (C=O) groups is 4. The molecule has 1 saturated heterocycles. The Morgan fingerprint density at radius 2 is 1.71 bits per heavy atom. The number of hydrogen-bond acceptors (Lipinski definition) is 4. The third-order valence-electron chi connectivity index (χ3n) is 5.03. The van der Waals surface area contributed by atoms with Crippen LogP contribution in [0.25, 0.3) is 0 Å². The van der Waals surface area contributed by atoms with Gasteiger partial charge in [0.25, 0.3) is 5.91 Å². The van der Waals surface area contributed by atoms with Crippen molar-refractivity contribution in [2.75, 3.05) is 13.1 Å². The lowest BCUT2D eigenvalue weighted by Crippen LogP contribution is -2.36. The second-order valence-electron chi connectivity index (χ2n) is 7.25. The fourth-order valence-electron chi connectivity index (χ4n) is 3.32. The number of rotatable bonds is 8. The van der Waals surface area contributed by atoms with E-state index in [0.717, 1.165) is 5.56 Å². The smallest absolute Gasteiger partial charge is 0.335 e. The van der Waals surface area contributed by atoms with E-state index in [9.17, 15) is 19.2 Å². The van der Waals surface area contributed by atoms with E-state index < -0.39 is 29.5 Å². The van der Waals surface area contributed by atoms with Gasteiger partial charge in [-0.2, -0.15) is 0 Å². The van der Waals surface area contributed by atoms with Crippen molar-refractivity contribution in [3.05, 3.63) is 69.2 Å². The van der Waals surface area contributed by atoms with Gasteiger partial charge in [-0.05, 0) is 48.2 Å². The summed E-state index contributed by atoms with van der Waals surface area (Å²) < 4.78 is 0. The van der Waals surface area contributed by atoms with Crippen molar-refractivity contribution in [1.82, 2.24) is 10.2 Å². The molecule has 2 amide bonds. The van der Waals surface area contributed by atoms with E-state index in [2.05, 4.69) is 5.32 Å². The Bertz CT molecular complexity index is 1020. The molecule has 2 aromatic carbocycles. The van der Waals surface area contributed by atoms with Crippen LogP contribution in [-0.2, 0) is 27.3 Å². The molecule has 0 aliphatic carbocycles. The van der Waals surface area contributed by atoms with Gasteiger partial charge in [0, 0.05) is 19.6 Å². The molecule has 162 valence electrons. The predicted molar refractivity (Wildman–Crippen MR) is 115 cm³/mol. The quantitative estimate of drug-likeness (QED) is 0.356. The maximum Gasteiger partial charge on any atom is 0.335 e. The average molecular weight is 463 g/mol. The average Bonchev–Trinajstić information content (AvgIpc) is 3.02. The van der Waals surface area contributed by atoms with Crippen LogP contribution in [0.5, 0.6) is 0 Å². The molecule has 1 heterocycles. The van der Waals surface area contributed by atoms with E-state index >= 15 is 0 Å². The number of hydrogen-bond donors (Lipinski definition) is 2. The number of carboxylic acids is 1. The standard InChI is InChI=1S/C22H20Cl2N2O5/c23-17-8-5-13(10-18(17)24)2-1-9-25-20(28)16-12-26(21(29)19(16)27)11-14-3-6-15(7-4-14)22(30)31/h3-8,10,16H,1-2,9,11-12H2,(H,25,28)(H,30,31). The van der Waals surface area contributed by atoms with Gasteiger partial charge in [0.05, 0.1) is 15.6 Å². The summed E-state index contributed by atoms with van der Waals surface area (Å²) in [5, 5.41) is 12.6. The molecule has 31 heavy (non-hydrogen) atoms. The van der Waals surface area contributed by atoms with E-state index in [1.807, 2.05) is 6.07 Å². The van der Waals surface area contributed by atoms with Crippen molar-refractivity contribution in [2.24, 2.45) is 5.92 Å². The monoisotopic (exact) mass is 462 g/mol. The molecule has 9 heteroatoms. The number of aromatic carboxylic acids is 1. The molecule has 1 aliphatic heterocycles. The van der Waals surface area contributed by atoms with Crippen LogP contribution in [0.4, 0.5) is 0 Å². The fourth-order valence-corrected chi connectivity index (χ4v) is 3.65. The number of benzene rings is 2. The van der Waals surface area contributed by atoms with Crippen LogP contribution in [-0.4, -0.2) is 46.7 Å². The molecule has 0 aromatic heterocycles. The van der Waals surface area contributed by atoms with Crippen molar-refractivity contribution >= 4 is 46.8 Å². The molecule has 0 radical (unpaired) electrons. The SMILES string of the molecule is O=C(O)c1ccc(CN2CC(C(=O)NCCCc3ccc(Cl)c(Cl)c3)C(=O)C2=O)cc1. The van der Waals surface area contributed by atoms with Gasteiger partial charge in [-0.1, -0.05) is 41.4 Å². The van der Waals surface area contributed by atoms with Crippen LogP contribution in [0.3, 0.4) is 0 Å². The van der Waals surface area contributed by atoms with Crippen LogP contribution in [0.2, 0.25) is 10.0 Å². The zero-order chi connectivity index (χ0) is 22.5. The molecule has 1 fully saturated rings. The minimum atomic E-state index is -1.05. The normalized spacial score (nSPS) is 15.9. The summed E-state index contributed by atoms with van der Waals surface area (Å²) in [4.78, 5) is 49.2. The number of amides is 2. The molecule has 1 atom stereocenters. The van der Waals surface area contributed by atoms with Gasteiger partial charge >= 0.3 is 5.97 Å². The van der Waals surface area contributed by atoms with E-state index in [0.29, 0.717) is 35.0 Å². The lowest BCUT2D eigenvalue weighted by Gasteiger charge is -2.15. The number of aryl methyl sites for hydroxylation is 1. The minimum Gasteiger partial charge on any atom is -0.478 e. The molecule has 2 N–H and O–H groups in total. The number of nitrogens with zero attached hydrogens (tertiary/aromatic N) is 1. The summed E-state index contributed by atoms with van der Waals surface area (Å²) in [7, 11) is 0. The molecular weight excluding hydrogens is 443 g/mol. The number of ketones is 1. The van der Waals surface area contributed by atoms with Gasteiger partial charge in [0.1, 0.15) is 5.92 Å². The van der Waals surface area contributed by atoms with Crippen LogP contribution in [0, 0.1) is 5.92 Å². The number of likely N-dealkylation sites (tertiary alicyclic amines) is 1. The summed E-state index contributed by atoms with van der Waals surface area (Å²) in [6.07, 6.45) is 1.31. The second-order valence-corrected chi connectivity index (χ2v) is 8.06. The first kappa shape index (κ1) is 22.8. The second kappa shape index (κ2) is 9.94. The van der Waals surface area contributed by atoms with Crippen LogP contribution >= 0.6 is 23.2 Å². The molecule has 0 spiro atoms. The predicted octanol–water partition coefficient (Wildman–Crippen LogP) is 2.97. The molecule has 1 aliphatic rings. The van der Waals surface area contributed by atoms with Gasteiger partial charge in [-0.3, -0.25) is 14.4 Å². The van der Waals surface area contributed by atoms with Gasteiger partial charge in [0.15, 0.2) is 0 Å². The van der Waals surface area contributed by atoms with Crippen molar-refractivity contribution in [3.63, 3.8) is 0 Å². The van der Waals surface area contributed by atoms with Crippen LogP contribution in [0.1, 0.15) is 27.9 Å². The first-order chi connectivity index (χ1) is 14.8. The Morgan fingerprint density at radius 3 is 2.35 bits per heavy atom. The Hall–Kier alpha value is -2.90. The van der Waals surface area contributed by atoms with E-state index in [-0.39, 0.29) is 18.7 Å². The highest BCUT2D eigenvalue weighted by molar-refractivity contribution is 6.42. The largest absolute Gasteiger partial charge is 0.478 e. The number of carboxylic acid groups (broad SMARTS) is 1. The van der Waals surface area contributed by atoms with Crippen molar-refractivity contribution in [1.29, 1.82) is 0 Å². The van der Waals surface area contributed by atoms with Gasteiger partial charge in [-0.15, -0.1) is 0 Å². The van der Waals surface area contributed by atoms with E-state index in [1.165, 1.54) is 17.0 Å². The zero-order valence-corrected chi connectivity index (χ0v) is 17.9. The lowest BCUT2D eigenvalue weighted by molar-refractivity contribution is -0.142. The third-order valence-corrected chi connectivity index (χ3v) is 5.77. The Balaban J connectivity index is 1.49. The first-order valence-electron chi connectivity index (χ1n) is 9.63. The number of Topliss-reactive ketones (excluding diaryl/α,β-unsaturated/α-hetero) is 1. The third kappa shape index (κ3) is 5.62. The maximum atomic E-state index is 12.4. The highest BCUT2D eigenvalue weighted by Crippen LogP contribution is 2.23. The minimum absolute atomic E-state index is 0.00300. The highest BCUT2D eigenvalue weighted by atomic mass is 35.5. The van der Waals surface area contributed by atoms with Crippen molar-refractivity contribution in [2.45, 2.75) is 19.4 Å². The van der Waals surface area contributed by atoms with E-state index in [1.54, 1.807) is 24.3 Å². The summed E-state index contributed by atoms with van der Waals surface area (Å²) in [6, 6.07) is 11.4. The summed E-state index contributed by atoms with van der Waals surface area (Å²) in [5.41, 5.74) is 1.79. The molecule has 7 nitrogen and oxygen atoms in total. The van der Waals surface area contributed by atoms with Crippen molar-refractivity contribution in [3.8, 4) is 0 Å². The zero-order valence-electron chi connectivity index (χ0n) is 16.4. The number of nitrogens with one attached hydrogen (secondary N) is 1. The molecule has 0 saturated carbocycles. The van der Waals surface area contributed by atoms with Gasteiger partial charge in [-0.25, -0.2) is 4.79 Å². The lowest BCUT2D eigenvalue weighted by atomic mass is 10.1. The summed E-state index contributed by atoms with van der Waals surface area (Å²) >= 11 is 11.9. The number of carbonyl (C=O) groups excluding carboxylic acids is 3. The van der Waals surface area contributed by atoms with Crippen LogP contribution in [0.15, 0.2) is 42.5 Å². The highest BCUT2D eigenvalue weighted by Gasteiger charge is 2.42. The van der Waals surface area contributed by atoms with Crippen LogP contribution < -0.4 is 5.32 Å². The molecule has 0 bridgehead atoms. The Labute approximate surface area is 188 Å². The molecular formula is C22H20Cl2N2O5. The Kier molecular flexibility index (Phi) is 7.30. The molecule has 3 rings (SSSR count). The van der Waals surface area contributed by atoms with Gasteiger partial charge < -0.3 is 15.3 Å². The molecule has 1 unspecified atom stereocenters. The fraction of sp³-hybridized carbons (Fsp3) is 0.273. The number of halogens is 2. The topological polar surface area (TPSA) is 104 Å². The Morgan fingerprint density at radius 1 is 1.03 bits per heavy atom. The summed E-state index contributed by atoms with van der Waals surface area (Å²) in [5.74, 6) is -4.01. The van der Waals surface area contributed by atoms with Gasteiger partial charge in [0.2, 0.25) is 11.7 Å². The summed E-state index contributed by atoms with van der Waals surface area (Å²) in [6.45, 7) is 0.482. The molecule has 2 aromatic rings. The van der Waals surface area contributed by atoms with E-state index in [4.69, 9.17) is 28.3 Å².